The third kappa shape index (κ3) is 6.26. The molecule has 1 unspecified atom stereocenters. The number of amides is 2. The molecule has 2 aliphatic rings. The largest absolute Gasteiger partial charge is 0.492 e. The van der Waals surface area contributed by atoms with Crippen molar-refractivity contribution >= 4 is 11.8 Å². The predicted molar refractivity (Wildman–Crippen MR) is 137 cm³/mol. The molecule has 2 saturated heterocycles. The van der Waals surface area contributed by atoms with Crippen LogP contribution in [0.5, 0.6) is 5.75 Å². The van der Waals surface area contributed by atoms with Crippen LogP contribution < -0.4 is 10.5 Å². The summed E-state index contributed by atoms with van der Waals surface area (Å²) in [6.07, 6.45) is 4.63. The molecule has 0 spiro atoms. The van der Waals surface area contributed by atoms with Crippen LogP contribution in [0.1, 0.15) is 56.8 Å². The van der Waals surface area contributed by atoms with Gasteiger partial charge in [-0.25, -0.2) is 8.78 Å². The molecule has 1 atom stereocenters. The second kappa shape index (κ2) is 10.7. The number of pyridine rings is 1. The zero-order chi connectivity index (χ0) is 26.8. The van der Waals surface area contributed by atoms with Crippen LogP contribution >= 0.6 is 0 Å². The van der Waals surface area contributed by atoms with Crippen LogP contribution in [0.2, 0.25) is 0 Å². The Kier molecular flexibility index (Phi) is 7.83. The monoisotopic (exact) mass is 514 g/mol. The van der Waals surface area contributed by atoms with Crippen molar-refractivity contribution in [2.24, 2.45) is 11.7 Å². The van der Waals surface area contributed by atoms with Gasteiger partial charge in [-0.15, -0.1) is 0 Å². The Labute approximate surface area is 217 Å². The van der Waals surface area contributed by atoms with Gasteiger partial charge in [0.05, 0.1) is 24.1 Å². The highest BCUT2D eigenvalue weighted by Gasteiger charge is 2.45. The molecule has 9 heteroatoms. The molecule has 2 N–H and O–H groups in total. The number of alkyl halides is 1. The van der Waals surface area contributed by atoms with Gasteiger partial charge in [0.15, 0.2) is 0 Å². The normalized spacial score (nSPS) is 21.3. The summed E-state index contributed by atoms with van der Waals surface area (Å²) in [5.41, 5.74) is 4.21. The summed E-state index contributed by atoms with van der Waals surface area (Å²) in [6.45, 7) is 7.94. The van der Waals surface area contributed by atoms with Crippen molar-refractivity contribution in [3.05, 3.63) is 47.9 Å². The average molecular weight is 515 g/mol. The van der Waals surface area contributed by atoms with Crippen LogP contribution in [0.25, 0.3) is 11.3 Å². The lowest BCUT2D eigenvalue weighted by Gasteiger charge is -2.34. The number of benzene rings is 1. The van der Waals surface area contributed by atoms with Crippen molar-refractivity contribution < 1.29 is 23.1 Å². The van der Waals surface area contributed by atoms with Crippen LogP contribution in [0.3, 0.4) is 0 Å². The SMILES string of the molecule is CC(C)(F)CN1CCC(COc2ccc(-c3ccc(C(=O)N4CCCC4(C)C(N)=O)c(F)c3)nc2)CC1. The maximum Gasteiger partial charge on any atom is 0.257 e. The number of piperidine rings is 1. The highest BCUT2D eigenvalue weighted by molar-refractivity contribution is 5.99. The van der Waals surface area contributed by atoms with Gasteiger partial charge in [0.25, 0.3) is 5.91 Å². The van der Waals surface area contributed by atoms with Crippen LogP contribution in [0.4, 0.5) is 8.78 Å². The number of carbonyl (C=O) groups excluding carboxylic acids is 2. The van der Waals surface area contributed by atoms with Crippen molar-refractivity contribution in [2.45, 2.75) is 57.7 Å². The van der Waals surface area contributed by atoms with E-state index in [0.29, 0.717) is 55.5 Å². The van der Waals surface area contributed by atoms with Gasteiger partial charge in [0, 0.05) is 18.7 Å². The molecule has 0 saturated carbocycles. The standard InChI is InChI=1S/C28H36F2N4O3/c1-27(2,30)18-33-13-9-19(10-14-33)17-37-21-6-8-24(32-16-21)20-5-7-22(23(29)15-20)25(35)34-12-4-11-28(34,3)26(31)36/h5-8,15-16,19H,4,9-14,17-18H2,1-3H3,(H2,31,36). The van der Waals surface area contributed by atoms with Crippen LogP contribution in [0, 0.1) is 11.7 Å². The molecule has 0 bridgehead atoms. The molecule has 4 rings (SSSR count). The molecule has 1 aromatic heterocycles. The highest BCUT2D eigenvalue weighted by atomic mass is 19.1. The fourth-order valence-corrected chi connectivity index (χ4v) is 5.23. The Bertz CT molecular complexity index is 1130. The summed E-state index contributed by atoms with van der Waals surface area (Å²) < 4.78 is 34.8. The van der Waals surface area contributed by atoms with Crippen LogP contribution in [0.15, 0.2) is 36.5 Å². The number of hydrogen-bond donors (Lipinski definition) is 1. The van der Waals surface area contributed by atoms with Crippen molar-refractivity contribution in [2.75, 3.05) is 32.8 Å². The van der Waals surface area contributed by atoms with E-state index in [-0.39, 0.29) is 5.56 Å². The number of ether oxygens (including phenoxy) is 1. The smallest absolute Gasteiger partial charge is 0.257 e. The Morgan fingerprint density at radius 1 is 1.19 bits per heavy atom. The third-order valence-electron chi connectivity index (χ3n) is 7.44. The van der Waals surface area contributed by atoms with Gasteiger partial charge >= 0.3 is 0 Å². The molecule has 2 amide bonds. The Hall–Kier alpha value is -3.07. The van der Waals surface area contributed by atoms with E-state index in [1.165, 1.54) is 17.0 Å². The van der Waals surface area contributed by atoms with Crippen molar-refractivity contribution in [3.63, 3.8) is 0 Å². The van der Waals surface area contributed by atoms with E-state index >= 15 is 0 Å². The first-order chi connectivity index (χ1) is 17.5. The fraction of sp³-hybridized carbons (Fsp3) is 0.536. The second-order valence-electron chi connectivity index (χ2n) is 11.0. The highest BCUT2D eigenvalue weighted by Crippen LogP contribution is 2.32. The van der Waals surface area contributed by atoms with Crippen molar-refractivity contribution in [1.29, 1.82) is 0 Å². The Morgan fingerprint density at radius 3 is 2.51 bits per heavy atom. The maximum absolute atomic E-state index is 15.0. The molecule has 7 nitrogen and oxygen atoms in total. The number of aromatic nitrogens is 1. The molecule has 3 heterocycles. The van der Waals surface area contributed by atoms with Gasteiger partial charge in [0.1, 0.15) is 22.8 Å². The number of hydrogen-bond acceptors (Lipinski definition) is 5. The minimum absolute atomic E-state index is 0.0980. The fourth-order valence-electron chi connectivity index (χ4n) is 5.23. The van der Waals surface area contributed by atoms with E-state index in [4.69, 9.17) is 10.5 Å². The number of halogens is 2. The first-order valence-electron chi connectivity index (χ1n) is 12.9. The molecule has 2 fully saturated rings. The van der Waals surface area contributed by atoms with E-state index in [1.54, 1.807) is 45.2 Å². The minimum atomic E-state index is -1.18. The molecular weight excluding hydrogens is 478 g/mol. The van der Waals surface area contributed by atoms with E-state index in [0.717, 1.165) is 25.9 Å². The topological polar surface area (TPSA) is 88.8 Å². The Balaban J connectivity index is 1.34. The second-order valence-corrected chi connectivity index (χ2v) is 11.0. The molecular formula is C28H36F2N4O3. The molecule has 2 aromatic rings. The summed E-state index contributed by atoms with van der Waals surface area (Å²) in [4.78, 5) is 32.8. The summed E-state index contributed by atoms with van der Waals surface area (Å²) in [5.74, 6) is -0.772. The van der Waals surface area contributed by atoms with Gasteiger partial charge in [-0.05, 0) is 89.7 Å². The number of likely N-dealkylation sites (tertiary alicyclic amines) is 2. The van der Waals surface area contributed by atoms with Gasteiger partial charge in [-0.1, -0.05) is 6.07 Å². The van der Waals surface area contributed by atoms with Gasteiger partial charge in [0.2, 0.25) is 5.91 Å². The molecule has 200 valence electrons. The van der Waals surface area contributed by atoms with Crippen LogP contribution in [-0.4, -0.2) is 70.6 Å². The first-order valence-corrected chi connectivity index (χ1v) is 12.9. The Morgan fingerprint density at radius 2 is 1.92 bits per heavy atom. The molecule has 37 heavy (non-hydrogen) atoms. The minimum Gasteiger partial charge on any atom is -0.492 e. The van der Waals surface area contributed by atoms with E-state index in [1.807, 2.05) is 0 Å². The summed E-state index contributed by atoms with van der Waals surface area (Å²) in [5, 5.41) is 0. The maximum atomic E-state index is 15.0. The lowest BCUT2D eigenvalue weighted by atomic mass is 9.97. The lowest BCUT2D eigenvalue weighted by molar-refractivity contribution is -0.126. The van der Waals surface area contributed by atoms with Gasteiger partial charge in [-0.3, -0.25) is 14.6 Å². The average Bonchev–Trinajstić information content (AvgIpc) is 3.25. The van der Waals surface area contributed by atoms with Crippen LogP contribution in [-0.2, 0) is 4.79 Å². The lowest BCUT2D eigenvalue weighted by Crippen LogP contribution is -2.54. The number of nitrogens with zero attached hydrogens (tertiary/aromatic N) is 3. The van der Waals surface area contributed by atoms with E-state index < -0.39 is 28.8 Å². The molecule has 1 aromatic carbocycles. The quantitative estimate of drug-likeness (QED) is 0.570. The number of rotatable bonds is 8. The van der Waals surface area contributed by atoms with E-state index in [2.05, 4.69) is 9.88 Å². The number of nitrogens with two attached hydrogens (primary N) is 1. The molecule has 2 aliphatic heterocycles. The summed E-state index contributed by atoms with van der Waals surface area (Å²) in [6, 6.07) is 7.89. The van der Waals surface area contributed by atoms with E-state index in [9.17, 15) is 18.4 Å². The predicted octanol–water partition coefficient (Wildman–Crippen LogP) is 4.21. The number of primary amides is 1. The molecule has 0 radical (unpaired) electrons. The van der Waals surface area contributed by atoms with Gasteiger partial charge < -0.3 is 20.3 Å². The third-order valence-corrected chi connectivity index (χ3v) is 7.44. The zero-order valence-corrected chi connectivity index (χ0v) is 21.8. The van der Waals surface area contributed by atoms with Crippen molar-refractivity contribution in [3.8, 4) is 17.0 Å². The van der Waals surface area contributed by atoms with Crippen molar-refractivity contribution in [1.82, 2.24) is 14.8 Å². The molecule has 0 aliphatic carbocycles. The first kappa shape index (κ1) is 27.0. The summed E-state index contributed by atoms with van der Waals surface area (Å²) >= 11 is 0. The zero-order valence-electron chi connectivity index (χ0n) is 21.8. The van der Waals surface area contributed by atoms with Gasteiger partial charge in [-0.2, -0.15) is 0 Å². The summed E-state index contributed by atoms with van der Waals surface area (Å²) in [7, 11) is 0. The number of carbonyl (C=O) groups is 2.